The number of anilines is 1. The lowest BCUT2D eigenvalue weighted by Gasteiger charge is -2.36. The van der Waals surface area contributed by atoms with Crippen molar-refractivity contribution < 1.29 is 9.53 Å². The highest BCUT2D eigenvalue weighted by atomic mass is 35.5. The van der Waals surface area contributed by atoms with Crippen LogP contribution < -0.4 is 16.2 Å². The van der Waals surface area contributed by atoms with Crippen LogP contribution in [0, 0.1) is 11.8 Å². The molecule has 180 valence electrons. The zero-order valence-electron chi connectivity index (χ0n) is 19.7. The van der Waals surface area contributed by atoms with E-state index >= 15 is 0 Å². The number of nitrogens with zero attached hydrogens (tertiary/aromatic N) is 3. The first-order valence-corrected chi connectivity index (χ1v) is 12.5. The van der Waals surface area contributed by atoms with Gasteiger partial charge in [-0.3, -0.25) is 14.2 Å². The second kappa shape index (κ2) is 10.4. The van der Waals surface area contributed by atoms with E-state index in [1.807, 2.05) is 19.9 Å². The molecule has 0 radical (unpaired) electrons. The number of nitrogens with one attached hydrogen (secondary N) is 2. The van der Waals surface area contributed by atoms with E-state index < -0.39 is 0 Å². The Morgan fingerprint density at radius 3 is 2.73 bits per heavy atom. The average Bonchev–Trinajstić information content (AvgIpc) is 3.61. The van der Waals surface area contributed by atoms with Crippen LogP contribution in [-0.4, -0.2) is 46.2 Å². The van der Waals surface area contributed by atoms with Crippen molar-refractivity contribution in [1.82, 2.24) is 19.9 Å². The molecule has 2 heterocycles. The molecule has 0 bridgehead atoms. The van der Waals surface area contributed by atoms with Crippen LogP contribution in [0.15, 0.2) is 10.9 Å². The van der Waals surface area contributed by atoms with Gasteiger partial charge < -0.3 is 15.4 Å². The first-order valence-electron chi connectivity index (χ1n) is 12.2. The third-order valence-electron chi connectivity index (χ3n) is 6.78. The molecule has 0 amide bonds. The lowest BCUT2D eigenvalue weighted by atomic mass is 9.80. The number of ether oxygens (including phenoxy) is 1. The number of rotatable bonds is 11. The van der Waals surface area contributed by atoms with Gasteiger partial charge in [0.25, 0.3) is 5.56 Å². The first kappa shape index (κ1) is 24.0. The number of carbonyl (C=O) groups is 1. The number of hydrogen-bond acceptors (Lipinski definition) is 7. The van der Waals surface area contributed by atoms with Gasteiger partial charge in [-0.05, 0) is 68.9 Å². The van der Waals surface area contributed by atoms with E-state index in [9.17, 15) is 9.59 Å². The van der Waals surface area contributed by atoms with E-state index in [2.05, 4.69) is 27.5 Å². The molecule has 2 aliphatic rings. The predicted molar refractivity (Wildman–Crippen MR) is 130 cm³/mol. The molecule has 9 heteroatoms. The van der Waals surface area contributed by atoms with E-state index in [-0.39, 0.29) is 24.1 Å². The van der Waals surface area contributed by atoms with Crippen molar-refractivity contribution in [3.63, 3.8) is 0 Å². The van der Waals surface area contributed by atoms with Gasteiger partial charge >= 0.3 is 5.97 Å². The molecule has 2 N–H and O–H groups in total. The average molecular weight is 476 g/mol. The molecule has 4 rings (SSSR count). The lowest BCUT2D eigenvalue weighted by Crippen LogP contribution is -2.46. The minimum absolute atomic E-state index is 0.0596. The zero-order valence-corrected chi connectivity index (χ0v) is 20.5. The van der Waals surface area contributed by atoms with Crippen molar-refractivity contribution in [1.29, 1.82) is 0 Å². The summed E-state index contributed by atoms with van der Waals surface area (Å²) in [5.41, 5.74) is 2.05. The normalized spacial score (nSPS) is 21.0. The van der Waals surface area contributed by atoms with Crippen LogP contribution in [0.5, 0.6) is 0 Å². The number of halogens is 1. The molecule has 33 heavy (non-hydrogen) atoms. The van der Waals surface area contributed by atoms with Gasteiger partial charge in [-0.2, -0.15) is 0 Å². The molecule has 2 fully saturated rings. The number of aromatic nitrogens is 3. The standard InChI is InChI=1S/C24H34ClN5O3/c1-4-8-33-20(31)13-26-18-9-15(10-18)12-27-22-24(32)30(14(3)17-6-7-17)23-19(28-22)11-16(5-2)21(25)29-23/h11,14-15,17-18,26H,4-10,12-13H2,1-3H3,(H,27,28). The molecule has 2 aliphatic carbocycles. The molecule has 2 aromatic rings. The van der Waals surface area contributed by atoms with Crippen LogP contribution in [0.4, 0.5) is 5.82 Å². The van der Waals surface area contributed by atoms with Crippen molar-refractivity contribution in [3.05, 3.63) is 27.1 Å². The van der Waals surface area contributed by atoms with Gasteiger partial charge in [0.05, 0.1) is 13.2 Å². The van der Waals surface area contributed by atoms with Crippen LogP contribution in [0.1, 0.15) is 64.5 Å². The van der Waals surface area contributed by atoms with E-state index in [1.54, 1.807) is 4.57 Å². The molecular formula is C24H34ClN5O3. The highest BCUT2D eigenvalue weighted by molar-refractivity contribution is 6.30. The number of fused-ring (bicyclic) bond motifs is 1. The summed E-state index contributed by atoms with van der Waals surface area (Å²) in [6.07, 6.45) is 5.74. The summed E-state index contributed by atoms with van der Waals surface area (Å²) < 4.78 is 6.87. The zero-order chi connectivity index (χ0) is 23.5. The highest BCUT2D eigenvalue weighted by Crippen LogP contribution is 2.40. The molecular weight excluding hydrogens is 442 g/mol. The van der Waals surface area contributed by atoms with Gasteiger partial charge in [-0.15, -0.1) is 0 Å². The third kappa shape index (κ3) is 5.49. The fourth-order valence-corrected chi connectivity index (χ4v) is 4.75. The smallest absolute Gasteiger partial charge is 0.319 e. The molecule has 2 aromatic heterocycles. The van der Waals surface area contributed by atoms with Crippen LogP contribution in [-0.2, 0) is 16.0 Å². The Bertz CT molecular complexity index is 1060. The van der Waals surface area contributed by atoms with Crippen molar-refractivity contribution in [2.75, 3.05) is 25.0 Å². The maximum absolute atomic E-state index is 13.4. The maximum atomic E-state index is 13.4. The summed E-state index contributed by atoms with van der Waals surface area (Å²) in [7, 11) is 0. The summed E-state index contributed by atoms with van der Waals surface area (Å²) in [5.74, 6) is 1.09. The van der Waals surface area contributed by atoms with E-state index in [4.69, 9.17) is 16.3 Å². The third-order valence-corrected chi connectivity index (χ3v) is 7.11. The number of carbonyl (C=O) groups excluding carboxylic acids is 1. The minimum Gasteiger partial charge on any atom is -0.465 e. The summed E-state index contributed by atoms with van der Waals surface area (Å²) in [6.45, 7) is 7.47. The topological polar surface area (TPSA) is 98.1 Å². The van der Waals surface area contributed by atoms with E-state index in [1.165, 1.54) is 0 Å². The Morgan fingerprint density at radius 1 is 1.30 bits per heavy atom. The molecule has 0 aromatic carbocycles. The van der Waals surface area contributed by atoms with Gasteiger partial charge in [0, 0.05) is 18.6 Å². The Labute approximate surface area is 199 Å². The Kier molecular flexibility index (Phi) is 7.54. The summed E-state index contributed by atoms with van der Waals surface area (Å²) in [5, 5.41) is 6.99. The van der Waals surface area contributed by atoms with Crippen molar-refractivity contribution in [3.8, 4) is 0 Å². The van der Waals surface area contributed by atoms with E-state index in [0.29, 0.717) is 53.2 Å². The SMILES string of the molecule is CCCOC(=O)CNC1CC(CNc2nc3cc(CC)c(Cl)nc3n(C(C)C3CC3)c2=O)C1. The van der Waals surface area contributed by atoms with E-state index in [0.717, 1.165) is 44.1 Å². The number of hydrogen-bond donors (Lipinski definition) is 2. The van der Waals surface area contributed by atoms with Gasteiger partial charge in [0.1, 0.15) is 10.7 Å². The molecule has 1 unspecified atom stereocenters. The Hall–Kier alpha value is -2.19. The lowest BCUT2D eigenvalue weighted by molar-refractivity contribution is -0.142. The predicted octanol–water partition coefficient (Wildman–Crippen LogP) is 3.71. The van der Waals surface area contributed by atoms with Gasteiger partial charge in [0.2, 0.25) is 0 Å². The number of esters is 1. The first-order chi connectivity index (χ1) is 15.9. The molecule has 1 atom stereocenters. The fourth-order valence-electron chi connectivity index (χ4n) is 4.48. The second-order valence-electron chi connectivity index (χ2n) is 9.36. The van der Waals surface area contributed by atoms with Crippen LogP contribution in [0.2, 0.25) is 5.15 Å². The summed E-state index contributed by atoms with van der Waals surface area (Å²) >= 11 is 6.38. The van der Waals surface area contributed by atoms with Gasteiger partial charge in [0.15, 0.2) is 11.5 Å². The Balaban J connectivity index is 1.43. The second-order valence-corrected chi connectivity index (χ2v) is 9.72. The van der Waals surface area contributed by atoms with Crippen LogP contribution in [0.25, 0.3) is 11.2 Å². The molecule has 2 saturated carbocycles. The maximum Gasteiger partial charge on any atom is 0.319 e. The largest absolute Gasteiger partial charge is 0.465 e. The monoisotopic (exact) mass is 475 g/mol. The van der Waals surface area contributed by atoms with Crippen LogP contribution >= 0.6 is 11.6 Å². The van der Waals surface area contributed by atoms with Crippen molar-refractivity contribution in [2.45, 2.75) is 71.4 Å². The quantitative estimate of drug-likeness (QED) is 0.377. The Morgan fingerprint density at radius 2 is 2.06 bits per heavy atom. The molecule has 0 saturated heterocycles. The summed E-state index contributed by atoms with van der Waals surface area (Å²) in [6, 6.07) is 2.32. The van der Waals surface area contributed by atoms with Crippen molar-refractivity contribution in [2.24, 2.45) is 11.8 Å². The fraction of sp³-hybridized carbons (Fsp3) is 0.667. The van der Waals surface area contributed by atoms with Gasteiger partial charge in [-0.25, -0.2) is 9.97 Å². The molecule has 0 spiro atoms. The number of aryl methyl sites for hydroxylation is 1. The van der Waals surface area contributed by atoms with Crippen molar-refractivity contribution >= 4 is 34.6 Å². The van der Waals surface area contributed by atoms with Crippen LogP contribution in [0.3, 0.4) is 0 Å². The molecule has 8 nitrogen and oxygen atoms in total. The minimum atomic E-state index is -0.204. The molecule has 0 aliphatic heterocycles. The summed E-state index contributed by atoms with van der Waals surface area (Å²) in [4.78, 5) is 34.2. The number of pyridine rings is 1. The highest BCUT2D eigenvalue weighted by Gasteiger charge is 2.33. The van der Waals surface area contributed by atoms with Gasteiger partial charge in [-0.1, -0.05) is 25.4 Å².